The van der Waals surface area contributed by atoms with Crippen LogP contribution in [0, 0.1) is 133 Å². The van der Waals surface area contributed by atoms with Gasteiger partial charge in [-0.3, -0.25) is 34.1 Å². The van der Waals surface area contributed by atoms with Crippen molar-refractivity contribution < 1.29 is 69.2 Å². The molecule has 0 bridgehead atoms. The number of aliphatic hydroxyl groups is 5. The number of fused-ring (bicyclic) bond motifs is 20. The van der Waals surface area contributed by atoms with Crippen LogP contribution >= 0.6 is 11.8 Å². The van der Waals surface area contributed by atoms with Crippen molar-refractivity contribution in [2.24, 2.45) is 127 Å². The molecule has 3 saturated heterocycles. The molecule has 3 heterocycles. The summed E-state index contributed by atoms with van der Waals surface area (Å²) in [5, 5.41) is 77.1. The molecule has 718 valence electrons. The van der Waals surface area contributed by atoms with Gasteiger partial charge in [-0.05, 0) is 417 Å². The number of Topliss-reactive ketones (excluding diaryl/α,β-unsaturated/α-hetero) is 2. The lowest BCUT2D eigenvalue weighted by atomic mass is 9.43. The molecular weight excluding hydrogens is 1670 g/mol. The number of carbonyl (C=O) groups is 6. The van der Waals surface area contributed by atoms with E-state index in [9.17, 15) is 64.5 Å². The van der Waals surface area contributed by atoms with Crippen molar-refractivity contribution in [3.63, 3.8) is 0 Å². The van der Waals surface area contributed by atoms with Gasteiger partial charge in [0.2, 0.25) is 17.5 Å². The molecule has 12 saturated carbocycles. The molecule has 22 rings (SSSR count). The summed E-state index contributed by atoms with van der Waals surface area (Å²) in [7, 11) is 0. The number of carbonyl (C=O) groups excluding carboxylic acids is 6. The molecule has 132 heavy (non-hydrogen) atoms. The topological polar surface area (TPSA) is 299 Å². The van der Waals surface area contributed by atoms with E-state index in [0.717, 1.165) is 155 Å². The van der Waals surface area contributed by atoms with E-state index in [4.69, 9.17) is 17.0 Å². The monoisotopic (exact) mass is 1820 g/mol. The van der Waals surface area contributed by atoms with E-state index in [2.05, 4.69) is 104 Å². The van der Waals surface area contributed by atoms with Gasteiger partial charge in [-0.1, -0.05) is 136 Å². The zero-order valence-electron chi connectivity index (χ0n) is 81.8. The minimum absolute atomic E-state index is 0.0209. The van der Waals surface area contributed by atoms with Crippen molar-refractivity contribution in [3.05, 3.63) is 147 Å². The lowest BCUT2D eigenvalue weighted by molar-refractivity contribution is -0.156. The molecule has 1 spiro atoms. The third kappa shape index (κ3) is 15.9. The molecule has 2 amide bonds. The highest BCUT2D eigenvalue weighted by Gasteiger charge is 2.77. The number of amides is 2. The number of nitrogens with one attached hydrogen (secondary N) is 1. The predicted molar refractivity (Wildman–Crippen MR) is 518 cm³/mol. The predicted octanol–water partition coefficient (Wildman–Crippen LogP) is 22.5. The van der Waals surface area contributed by atoms with Gasteiger partial charge in [0.05, 0.1) is 24.2 Å². The number of nitrogens with two attached hydrogens (primary N) is 1. The number of aliphatic hydroxyl groups excluding tert-OH is 3. The Balaban J connectivity index is 0.000000111. The van der Waals surface area contributed by atoms with Crippen molar-refractivity contribution in [1.82, 2.24) is 5.32 Å². The molecule has 3 aliphatic heterocycles. The van der Waals surface area contributed by atoms with Crippen molar-refractivity contribution in [1.29, 1.82) is 0 Å². The quantitative estimate of drug-likeness (QED) is 0.0416. The molecule has 18 heteroatoms. The SMILES string of the molecule is CC(=O)C1(O)CCC2C3C=C(C)C4=CC(=O)CCC4(C)C3CCC21C.CC(=O)C1(O)CCC2C3CC(C)C4=CC(=O)CCC4(C)C3CCC21.CC12CCC3C(CCC4CC5SC5CC43C)C1CCCC2O.CCC(c1ccc(O)cc1)C(CC)c1ccc(O)cc1.CCC1(c2ccc(N)cc2)CCC(=O)NC1=O.[C-]#[N+]C1=C(O)C2OC23CCC2C4CCC(O)C4(C)CCC2C3(C)C1. The van der Waals surface area contributed by atoms with Crippen LogP contribution < -0.4 is 11.1 Å². The minimum atomic E-state index is -1.16. The van der Waals surface area contributed by atoms with E-state index < -0.39 is 16.6 Å². The first-order valence-corrected chi connectivity index (χ1v) is 52.9. The fraction of sp³-hybridized carbons (Fsp3) is 0.711. The van der Waals surface area contributed by atoms with Gasteiger partial charge in [0.15, 0.2) is 23.1 Å². The Bertz CT molecular complexity index is 5040. The number of anilines is 1. The van der Waals surface area contributed by atoms with E-state index in [1.807, 2.05) is 55.5 Å². The number of aromatic hydroxyl groups is 2. The van der Waals surface area contributed by atoms with Gasteiger partial charge in [0, 0.05) is 40.9 Å². The lowest BCUT2D eigenvalue weighted by Crippen LogP contribution is -2.57. The summed E-state index contributed by atoms with van der Waals surface area (Å²) >= 11 is 2.29. The fourth-order valence-electron chi connectivity index (χ4n) is 34.6. The summed E-state index contributed by atoms with van der Waals surface area (Å²) in [5.74, 6) is 10.8. The number of nitrogens with zero attached hydrogens (tertiary/aromatic N) is 1. The molecule has 3 aromatic carbocycles. The zero-order chi connectivity index (χ0) is 94.5. The van der Waals surface area contributed by atoms with Crippen LogP contribution in [0.3, 0.4) is 0 Å². The molecule has 0 radical (unpaired) electrons. The summed E-state index contributed by atoms with van der Waals surface area (Å²) in [6.07, 6.45) is 40.6. The summed E-state index contributed by atoms with van der Waals surface area (Å²) in [5.41, 5.74) is 11.9. The average Bonchev–Trinajstić information content (AvgIpc) is 1.49. The number of thioether (sulfide) groups is 1. The number of rotatable bonds is 9. The summed E-state index contributed by atoms with van der Waals surface area (Å²) in [4.78, 5) is 75.2. The first-order chi connectivity index (χ1) is 62.5. The Morgan fingerprint density at radius 1 is 0.561 bits per heavy atom. The van der Waals surface area contributed by atoms with Gasteiger partial charge in [-0.25, -0.2) is 4.85 Å². The van der Waals surface area contributed by atoms with Crippen LogP contribution in [-0.2, 0) is 38.9 Å². The van der Waals surface area contributed by atoms with E-state index in [0.29, 0.717) is 156 Å². The summed E-state index contributed by atoms with van der Waals surface area (Å²) in [6, 6.07) is 22.3. The molecule has 3 aromatic rings. The van der Waals surface area contributed by atoms with Crippen molar-refractivity contribution >= 4 is 52.4 Å². The van der Waals surface area contributed by atoms with Crippen LogP contribution in [0.5, 0.6) is 11.5 Å². The average molecular weight is 1830 g/mol. The lowest BCUT2D eigenvalue weighted by Gasteiger charge is -2.62. The van der Waals surface area contributed by atoms with E-state index in [1.54, 1.807) is 50.2 Å². The highest BCUT2D eigenvalue weighted by Crippen LogP contribution is 2.76. The van der Waals surface area contributed by atoms with Gasteiger partial charge in [0.1, 0.15) is 40.2 Å². The highest BCUT2D eigenvalue weighted by molar-refractivity contribution is 8.07. The van der Waals surface area contributed by atoms with E-state index in [-0.39, 0.29) is 97.2 Å². The van der Waals surface area contributed by atoms with Crippen molar-refractivity contribution in [3.8, 4) is 11.5 Å². The molecule has 10 N–H and O–H groups in total. The summed E-state index contributed by atoms with van der Waals surface area (Å²) in [6.45, 7) is 37.9. The molecule has 16 aliphatic carbocycles. The molecule has 19 aliphatic rings. The number of phenolic OH excluding ortho intramolecular Hbond substituents is 2. The second-order valence-electron chi connectivity index (χ2n) is 47.7. The third-order valence-corrected chi connectivity index (χ3v) is 43.8. The Hall–Kier alpha value is -6.72. The highest BCUT2D eigenvalue weighted by atomic mass is 32.2. The van der Waals surface area contributed by atoms with Crippen molar-refractivity contribution in [2.75, 3.05) is 5.73 Å². The molecule has 0 aromatic heterocycles. The van der Waals surface area contributed by atoms with Gasteiger partial charge in [-0.2, -0.15) is 11.8 Å². The van der Waals surface area contributed by atoms with E-state index in [1.165, 1.54) is 79.2 Å². The first kappa shape index (κ1) is 96.9. The Kier molecular flexibility index (Phi) is 26.4. The fourth-order valence-corrected chi connectivity index (χ4v) is 36.0. The van der Waals surface area contributed by atoms with Crippen LogP contribution in [0.2, 0.25) is 0 Å². The first-order valence-electron chi connectivity index (χ1n) is 52.0. The smallest absolute Gasteiger partial charge is 0.237 e. The van der Waals surface area contributed by atoms with Crippen LogP contribution in [0.15, 0.2) is 119 Å². The summed E-state index contributed by atoms with van der Waals surface area (Å²) < 4.78 is 6.12. The maximum atomic E-state index is 12.3. The Morgan fingerprint density at radius 3 is 1.76 bits per heavy atom. The molecule has 15 fully saturated rings. The van der Waals surface area contributed by atoms with Gasteiger partial charge in [0.25, 0.3) is 0 Å². The third-order valence-electron chi connectivity index (χ3n) is 42.4. The van der Waals surface area contributed by atoms with Crippen molar-refractivity contribution in [2.45, 2.75) is 378 Å². The molecule has 17 nitrogen and oxygen atoms in total. The largest absolute Gasteiger partial charge is 0.521 e. The minimum Gasteiger partial charge on any atom is -0.521 e. The number of epoxide rings is 1. The number of nitrogen functional groups attached to an aromatic ring is 1. The maximum Gasteiger partial charge on any atom is 0.237 e. The second-order valence-corrected chi connectivity index (χ2v) is 49.2. The number of benzene rings is 3. The molecule has 33 unspecified atom stereocenters. The van der Waals surface area contributed by atoms with E-state index >= 15 is 0 Å². The van der Waals surface area contributed by atoms with Crippen LogP contribution in [0.25, 0.3) is 4.85 Å². The zero-order valence-corrected chi connectivity index (χ0v) is 82.6. The van der Waals surface area contributed by atoms with Gasteiger partial charge in [-0.15, -0.1) is 0 Å². The number of ketones is 4. The number of hydrogen-bond donors (Lipinski definition) is 9. The van der Waals surface area contributed by atoms with Crippen LogP contribution in [0.4, 0.5) is 5.69 Å². The number of allylic oxidation sites excluding steroid dienone is 6. The number of piperidine rings is 1. The Labute approximate surface area is 791 Å². The van der Waals surface area contributed by atoms with Gasteiger partial charge >= 0.3 is 0 Å². The van der Waals surface area contributed by atoms with Crippen LogP contribution in [0.1, 0.15) is 344 Å². The molecular formula is C114H157N3O14S. The number of phenols is 2. The maximum absolute atomic E-state index is 12.3. The number of ether oxygens (including phenoxy) is 1. The standard InChI is InChI=1S/C22H30O3.C21H30O3.C20H27NO3.C20H32OS.C18H22O2.C13H16N2O2/c1-13-11-16-17(20(3)8-5-15(24)12-19(13)20)6-9-21(4)18(16)7-10-22(21,25)14(2)23;1-12-10-16-15-7-9-21(24,13(2)22)18(15)5-4-17(16)20(3)8-6-14(23)11-19(12)20;1-18-8-7-13-11(12(18)4-5-15(18)22)6-9-20-17(24-20)16(23)14(21-3)10-19(13,20)2;1-19-9-8-15-13(14(19)4-3-5-18(19)21)7-6-12-10-16-17(22-16)11-20(12,15)2;1-3-17(13-5-9-15(19)10-6-13)18(4-2)14-7-11-16(20)12-8-14;1-2-13(8-7-11(16)15-12(13)17)9-3-5-10(14)6-4-9/h11-12,16-18,25H,5-10H2,1-4H3;11-12,15-18,24H,4-10H2,1-3H3;11-13,15,17,22-23H,4-10H2,1-2H3;12-18,21H,3-11H2,1-2H3;5-12,17-20H,3-4H2,1-2H3;3-6H,2,7-8,14H2,1H3,(H,15,16,17). The molecule has 33 atom stereocenters. The van der Waals surface area contributed by atoms with Crippen LogP contribution in [-0.4, -0.2) is 116 Å². The normalized spacial score (nSPS) is 44.8. The number of imide groups is 1. The number of hydrogen-bond acceptors (Lipinski definition) is 16. The van der Waals surface area contributed by atoms with Gasteiger partial charge < -0.3 is 46.2 Å². The second kappa shape index (κ2) is 35.9. The Morgan fingerprint density at radius 2 is 1.14 bits per heavy atom.